The molecule has 0 spiro atoms. The van der Waals surface area contributed by atoms with Gasteiger partial charge in [0.2, 0.25) is 5.91 Å². The monoisotopic (exact) mass is 221 g/mol. The quantitative estimate of drug-likeness (QED) is 0.785. The Kier molecular flexibility index (Phi) is 3.05. The second-order valence-corrected chi connectivity index (χ2v) is 3.90. The van der Waals surface area contributed by atoms with Crippen LogP contribution in [0.25, 0.3) is 0 Å². The van der Waals surface area contributed by atoms with E-state index in [1.807, 2.05) is 13.0 Å². The van der Waals surface area contributed by atoms with Crippen LogP contribution in [-0.2, 0) is 4.74 Å². The highest BCUT2D eigenvalue weighted by atomic mass is 16.5. The highest BCUT2D eigenvalue weighted by Crippen LogP contribution is 2.15. The SMILES string of the molecule is CC1CN(c2ccc(C(N)=O)cn2)CCO1. The van der Waals surface area contributed by atoms with Gasteiger partial charge in [0.15, 0.2) is 0 Å². The zero-order valence-electron chi connectivity index (χ0n) is 9.22. The molecule has 0 bridgehead atoms. The molecule has 5 nitrogen and oxygen atoms in total. The van der Waals surface area contributed by atoms with Crippen molar-refractivity contribution in [3.05, 3.63) is 23.9 Å². The Morgan fingerprint density at radius 2 is 2.44 bits per heavy atom. The molecule has 86 valence electrons. The van der Waals surface area contributed by atoms with Crippen LogP contribution in [0.15, 0.2) is 18.3 Å². The van der Waals surface area contributed by atoms with Crippen LogP contribution in [0.3, 0.4) is 0 Å². The summed E-state index contributed by atoms with van der Waals surface area (Å²) in [7, 11) is 0. The van der Waals surface area contributed by atoms with Crippen LogP contribution < -0.4 is 10.6 Å². The van der Waals surface area contributed by atoms with Gasteiger partial charge in [0.25, 0.3) is 0 Å². The first kappa shape index (κ1) is 10.9. The minimum atomic E-state index is -0.450. The van der Waals surface area contributed by atoms with Crippen LogP contribution in [0.4, 0.5) is 5.82 Å². The lowest BCUT2D eigenvalue weighted by atomic mass is 10.2. The second kappa shape index (κ2) is 4.49. The topological polar surface area (TPSA) is 68.5 Å². The van der Waals surface area contributed by atoms with Crippen LogP contribution in [0.2, 0.25) is 0 Å². The molecule has 0 aliphatic carbocycles. The largest absolute Gasteiger partial charge is 0.375 e. The van der Waals surface area contributed by atoms with E-state index in [1.165, 1.54) is 6.20 Å². The van der Waals surface area contributed by atoms with E-state index in [4.69, 9.17) is 10.5 Å². The number of rotatable bonds is 2. The van der Waals surface area contributed by atoms with Crippen LogP contribution in [0, 0.1) is 0 Å². The number of carbonyl (C=O) groups is 1. The number of nitrogens with two attached hydrogens (primary N) is 1. The molecule has 5 heteroatoms. The smallest absolute Gasteiger partial charge is 0.250 e. The van der Waals surface area contributed by atoms with Crippen molar-refractivity contribution in [2.45, 2.75) is 13.0 Å². The minimum absolute atomic E-state index is 0.214. The molecule has 1 aliphatic rings. The average Bonchev–Trinajstić information content (AvgIpc) is 2.29. The average molecular weight is 221 g/mol. The van der Waals surface area contributed by atoms with Gasteiger partial charge in [-0.25, -0.2) is 4.98 Å². The van der Waals surface area contributed by atoms with E-state index in [0.717, 1.165) is 18.9 Å². The lowest BCUT2D eigenvalue weighted by Gasteiger charge is -2.31. The normalized spacial score (nSPS) is 20.8. The Balaban J connectivity index is 2.11. The van der Waals surface area contributed by atoms with E-state index in [9.17, 15) is 4.79 Å². The van der Waals surface area contributed by atoms with Gasteiger partial charge in [-0.05, 0) is 19.1 Å². The maximum Gasteiger partial charge on any atom is 0.250 e. The molecule has 1 aromatic rings. The Hall–Kier alpha value is -1.62. The first-order valence-corrected chi connectivity index (χ1v) is 5.29. The summed E-state index contributed by atoms with van der Waals surface area (Å²) in [5.74, 6) is 0.412. The Bertz CT molecular complexity index is 377. The molecule has 1 aliphatic heterocycles. The molecule has 1 fully saturated rings. The van der Waals surface area contributed by atoms with Gasteiger partial charge in [-0.3, -0.25) is 4.79 Å². The zero-order valence-corrected chi connectivity index (χ0v) is 9.22. The first-order chi connectivity index (χ1) is 7.66. The molecule has 1 atom stereocenters. The van der Waals surface area contributed by atoms with Crippen molar-refractivity contribution in [2.75, 3.05) is 24.6 Å². The fourth-order valence-corrected chi connectivity index (χ4v) is 1.75. The maximum atomic E-state index is 10.9. The molecule has 1 saturated heterocycles. The summed E-state index contributed by atoms with van der Waals surface area (Å²) in [4.78, 5) is 17.3. The number of amides is 1. The van der Waals surface area contributed by atoms with Gasteiger partial charge in [0, 0.05) is 19.3 Å². The van der Waals surface area contributed by atoms with Gasteiger partial charge in [-0.2, -0.15) is 0 Å². The van der Waals surface area contributed by atoms with E-state index in [-0.39, 0.29) is 6.10 Å². The first-order valence-electron chi connectivity index (χ1n) is 5.29. The van der Waals surface area contributed by atoms with Gasteiger partial charge in [-0.15, -0.1) is 0 Å². The maximum absolute atomic E-state index is 10.9. The summed E-state index contributed by atoms with van der Waals surface area (Å²) >= 11 is 0. The molecular weight excluding hydrogens is 206 g/mol. The summed E-state index contributed by atoms with van der Waals surface area (Å²) < 4.78 is 5.45. The Morgan fingerprint density at radius 1 is 1.62 bits per heavy atom. The van der Waals surface area contributed by atoms with Gasteiger partial charge < -0.3 is 15.4 Å². The van der Waals surface area contributed by atoms with Crippen molar-refractivity contribution >= 4 is 11.7 Å². The van der Waals surface area contributed by atoms with Crippen LogP contribution in [-0.4, -0.2) is 36.7 Å². The number of hydrogen-bond donors (Lipinski definition) is 1. The van der Waals surface area contributed by atoms with E-state index in [0.29, 0.717) is 12.2 Å². The molecule has 1 aromatic heterocycles. The highest BCUT2D eigenvalue weighted by molar-refractivity contribution is 5.92. The van der Waals surface area contributed by atoms with Crippen molar-refractivity contribution in [3.8, 4) is 0 Å². The van der Waals surface area contributed by atoms with E-state index < -0.39 is 5.91 Å². The number of carbonyl (C=O) groups excluding carboxylic acids is 1. The lowest BCUT2D eigenvalue weighted by Crippen LogP contribution is -2.41. The number of primary amides is 1. The molecule has 2 N–H and O–H groups in total. The van der Waals surface area contributed by atoms with Gasteiger partial charge in [0.05, 0.1) is 18.3 Å². The van der Waals surface area contributed by atoms with Crippen molar-refractivity contribution in [1.82, 2.24) is 4.98 Å². The molecule has 1 unspecified atom stereocenters. The summed E-state index contributed by atoms with van der Waals surface area (Å²) in [5.41, 5.74) is 5.59. The number of pyridine rings is 1. The Labute approximate surface area is 94.2 Å². The molecular formula is C11H15N3O2. The standard InChI is InChI=1S/C11H15N3O2/c1-8-7-14(4-5-16-8)10-3-2-9(6-13-10)11(12)15/h2-3,6,8H,4-5,7H2,1H3,(H2,12,15). The minimum Gasteiger partial charge on any atom is -0.375 e. The van der Waals surface area contributed by atoms with Crippen molar-refractivity contribution in [1.29, 1.82) is 0 Å². The molecule has 1 amide bonds. The number of aromatic nitrogens is 1. The fraction of sp³-hybridized carbons (Fsp3) is 0.455. The predicted octanol–water partition coefficient (Wildman–Crippen LogP) is 0.406. The van der Waals surface area contributed by atoms with E-state index >= 15 is 0 Å². The second-order valence-electron chi connectivity index (χ2n) is 3.90. The third-order valence-corrected chi connectivity index (χ3v) is 2.60. The van der Waals surface area contributed by atoms with Gasteiger partial charge >= 0.3 is 0 Å². The fourth-order valence-electron chi connectivity index (χ4n) is 1.75. The zero-order chi connectivity index (χ0) is 11.5. The summed E-state index contributed by atoms with van der Waals surface area (Å²) in [6, 6.07) is 3.52. The van der Waals surface area contributed by atoms with E-state index in [2.05, 4.69) is 9.88 Å². The molecule has 0 radical (unpaired) electrons. The van der Waals surface area contributed by atoms with Crippen molar-refractivity contribution in [2.24, 2.45) is 5.73 Å². The third kappa shape index (κ3) is 2.30. The number of hydrogen-bond acceptors (Lipinski definition) is 4. The van der Waals surface area contributed by atoms with Crippen molar-refractivity contribution in [3.63, 3.8) is 0 Å². The number of anilines is 1. The predicted molar refractivity (Wildman–Crippen MR) is 60.4 cm³/mol. The molecule has 2 rings (SSSR count). The number of ether oxygens (including phenoxy) is 1. The van der Waals surface area contributed by atoms with Gasteiger partial charge in [0.1, 0.15) is 5.82 Å². The summed E-state index contributed by atoms with van der Waals surface area (Å²) in [6.45, 7) is 4.39. The number of nitrogens with zero attached hydrogens (tertiary/aromatic N) is 2. The molecule has 0 saturated carbocycles. The molecule has 16 heavy (non-hydrogen) atoms. The summed E-state index contributed by atoms with van der Waals surface area (Å²) in [5, 5.41) is 0. The van der Waals surface area contributed by atoms with Gasteiger partial charge in [-0.1, -0.05) is 0 Å². The Morgan fingerprint density at radius 3 is 3.00 bits per heavy atom. The van der Waals surface area contributed by atoms with Crippen LogP contribution >= 0.6 is 0 Å². The van der Waals surface area contributed by atoms with Crippen LogP contribution in [0.5, 0.6) is 0 Å². The van der Waals surface area contributed by atoms with Crippen molar-refractivity contribution < 1.29 is 9.53 Å². The number of morpholine rings is 1. The van der Waals surface area contributed by atoms with E-state index in [1.54, 1.807) is 6.07 Å². The lowest BCUT2D eigenvalue weighted by molar-refractivity contribution is 0.0529. The molecule has 2 heterocycles. The summed E-state index contributed by atoms with van der Waals surface area (Å²) in [6.07, 6.45) is 1.73. The van der Waals surface area contributed by atoms with Crippen LogP contribution in [0.1, 0.15) is 17.3 Å². The highest BCUT2D eigenvalue weighted by Gasteiger charge is 2.17. The molecule has 0 aromatic carbocycles. The third-order valence-electron chi connectivity index (χ3n) is 2.60.